The minimum absolute atomic E-state index is 0.0487. The summed E-state index contributed by atoms with van der Waals surface area (Å²) in [5.74, 6) is -1.04. The second kappa shape index (κ2) is 3.98. The van der Waals surface area contributed by atoms with Crippen LogP contribution in [0.5, 0.6) is 0 Å². The number of halogens is 1. The summed E-state index contributed by atoms with van der Waals surface area (Å²) in [5, 5.41) is 15.7. The molecule has 0 fully saturated rings. The highest BCUT2D eigenvalue weighted by molar-refractivity contribution is 6.33. The first kappa shape index (κ1) is 10.7. The van der Waals surface area contributed by atoms with Gasteiger partial charge in [-0.3, -0.25) is 5.10 Å². The van der Waals surface area contributed by atoms with Crippen molar-refractivity contribution in [2.45, 2.75) is 6.92 Å². The SMILES string of the molecule is Cc1ccc(Cl)c(-c2cc(C(=O)O)[nH]n2)c1. The topological polar surface area (TPSA) is 66.0 Å². The molecule has 0 saturated carbocycles. The lowest BCUT2D eigenvalue weighted by molar-refractivity contribution is 0.0690. The number of nitrogens with one attached hydrogen (secondary N) is 1. The molecule has 2 aromatic rings. The molecule has 0 spiro atoms. The van der Waals surface area contributed by atoms with Crippen LogP contribution in [-0.4, -0.2) is 21.3 Å². The predicted octanol–water partition coefficient (Wildman–Crippen LogP) is 2.74. The van der Waals surface area contributed by atoms with Crippen molar-refractivity contribution in [2.75, 3.05) is 0 Å². The molecule has 2 rings (SSSR count). The fourth-order valence-corrected chi connectivity index (χ4v) is 1.62. The van der Waals surface area contributed by atoms with Crippen LogP contribution in [0.2, 0.25) is 5.02 Å². The number of carboxylic acid groups (broad SMARTS) is 1. The zero-order valence-corrected chi connectivity index (χ0v) is 9.25. The number of benzene rings is 1. The van der Waals surface area contributed by atoms with Gasteiger partial charge in [0.25, 0.3) is 0 Å². The minimum atomic E-state index is -1.04. The number of aromatic carboxylic acids is 1. The van der Waals surface area contributed by atoms with Crippen LogP contribution in [0, 0.1) is 6.92 Å². The highest BCUT2D eigenvalue weighted by atomic mass is 35.5. The molecule has 2 N–H and O–H groups in total. The standard InChI is InChI=1S/C11H9ClN2O2/c1-6-2-3-8(12)7(4-6)9-5-10(11(15)16)14-13-9/h2-5H,1H3,(H,13,14)(H,15,16). The van der Waals surface area contributed by atoms with Gasteiger partial charge >= 0.3 is 5.97 Å². The Labute approximate surface area is 96.9 Å². The Bertz CT molecular complexity index is 549. The van der Waals surface area contributed by atoms with E-state index in [2.05, 4.69) is 10.2 Å². The van der Waals surface area contributed by atoms with Gasteiger partial charge in [0.15, 0.2) is 0 Å². The Balaban J connectivity index is 2.50. The van der Waals surface area contributed by atoms with Gasteiger partial charge in [0.2, 0.25) is 0 Å². The summed E-state index contributed by atoms with van der Waals surface area (Å²) < 4.78 is 0. The quantitative estimate of drug-likeness (QED) is 0.843. The third-order valence-corrected chi connectivity index (χ3v) is 2.54. The van der Waals surface area contributed by atoms with E-state index in [-0.39, 0.29) is 5.69 Å². The molecule has 1 aromatic carbocycles. The number of nitrogens with zero attached hydrogens (tertiary/aromatic N) is 1. The van der Waals surface area contributed by atoms with E-state index >= 15 is 0 Å². The average Bonchev–Trinajstić information content (AvgIpc) is 2.70. The minimum Gasteiger partial charge on any atom is -0.477 e. The van der Waals surface area contributed by atoms with E-state index in [1.54, 1.807) is 6.07 Å². The molecule has 0 aliphatic rings. The van der Waals surface area contributed by atoms with Crippen LogP contribution in [0.25, 0.3) is 11.3 Å². The lowest BCUT2D eigenvalue weighted by atomic mass is 10.1. The Morgan fingerprint density at radius 2 is 2.19 bits per heavy atom. The van der Waals surface area contributed by atoms with Crippen LogP contribution >= 0.6 is 11.6 Å². The maximum absolute atomic E-state index is 10.7. The number of aromatic nitrogens is 2. The lowest BCUT2D eigenvalue weighted by Crippen LogP contribution is -1.95. The molecule has 0 aliphatic heterocycles. The van der Waals surface area contributed by atoms with Crippen LogP contribution in [0.4, 0.5) is 0 Å². The zero-order chi connectivity index (χ0) is 11.7. The molecule has 82 valence electrons. The molecule has 0 unspecified atom stereocenters. The summed E-state index contributed by atoms with van der Waals surface area (Å²) in [6, 6.07) is 6.98. The molecule has 4 nitrogen and oxygen atoms in total. The largest absolute Gasteiger partial charge is 0.477 e. The lowest BCUT2D eigenvalue weighted by Gasteiger charge is -2.01. The predicted molar refractivity (Wildman–Crippen MR) is 60.7 cm³/mol. The van der Waals surface area contributed by atoms with Gasteiger partial charge in [-0.25, -0.2) is 4.79 Å². The second-order valence-electron chi connectivity index (χ2n) is 3.46. The summed E-state index contributed by atoms with van der Waals surface area (Å²) >= 11 is 6.02. The van der Waals surface area contributed by atoms with Gasteiger partial charge in [0.1, 0.15) is 5.69 Å². The van der Waals surface area contributed by atoms with Crippen molar-refractivity contribution in [1.82, 2.24) is 10.2 Å². The molecule has 5 heteroatoms. The van der Waals surface area contributed by atoms with E-state index in [0.29, 0.717) is 10.7 Å². The second-order valence-corrected chi connectivity index (χ2v) is 3.86. The normalized spacial score (nSPS) is 10.4. The van der Waals surface area contributed by atoms with Gasteiger partial charge in [-0.1, -0.05) is 23.2 Å². The highest BCUT2D eigenvalue weighted by Crippen LogP contribution is 2.27. The average molecular weight is 237 g/mol. The van der Waals surface area contributed by atoms with E-state index in [1.807, 2.05) is 19.1 Å². The van der Waals surface area contributed by atoms with Gasteiger partial charge in [-0.2, -0.15) is 5.10 Å². The maximum Gasteiger partial charge on any atom is 0.353 e. The van der Waals surface area contributed by atoms with Crippen molar-refractivity contribution in [2.24, 2.45) is 0 Å². The molecular weight excluding hydrogens is 228 g/mol. The Kier molecular flexibility index (Phi) is 2.66. The molecule has 0 aliphatic carbocycles. The maximum atomic E-state index is 10.7. The Morgan fingerprint density at radius 3 is 2.81 bits per heavy atom. The molecule has 1 aromatic heterocycles. The number of aryl methyl sites for hydroxylation is 1. The van der Waals surface area contributed by atoms with Crippen molar-refractivity contribution < 1.29 is 9.90 Å². The molecular formula is C11H9ClN2O2. The van der Waals surface area contributed by atoms with Crippen molar-refractivity contribution in [3.8, 4) is 11.3 Å². The fourth-order valence-electron chi connectivity index (χ4n) is 1.40. The van der Waals surface area contributed by atoms with E-state index in [4.69, 9.17) is 16.7 Å². The molecule has 1 heterocycles. The summed E-state index contributed by atoms with van der Waals surface area (Å²) in [7, 11) is 0. The van der Waals surface area contributed by atoms with Gasteiger partial charge in [-0.05, 0) is 25.1 Å². The molecule has 0 radical (unpaired) electrons. The molecule has 0 bridgehead atoms. The van der Waals surface area contributed by atoms with Crippen molar-refractivity contribution in [1.29, 1.82) is 0 Å². The molecule has 0 atom stereocenters. The molecule has 0 saturated heterocycles. The molecule has 16 heavy (non-hydrogen) atoms. The van der Waals surface area contributed by atoms with Crippen LogP contribution in [0.15, 0.2) is 24.3 Å². The monoisotopic (exact) mass is 236 g/mol. The summed E-state index contributed by atoms with van der Waals surface area (Å²) in [4.78, 5) is 10.7. The first-order chi connectivity index (χ1) is 7.58. The fraction of sp³-hybridized carbons (Fsp3) is 0.0909. The zero-order valence-electron chi connectivity index (χ0n) is 8.49. The van der Waals surface area contributed by atoms with Crippen LogP contribution in [-0.2, 0) is 0 Å². The first-order valence-electron chi connectivity index (χ1n) is 4.63. The molecule has 0 amide bonds. The number of carbonyl (C=O) groups is 1. The van der Waals surface area contributed by atoms with Crippen LogP contribution < -0.4 is 0 Å². The van der Waals surface area contributed by atoms with Crippen molar-refractivity contribution >= 4 is 17.6 Å². The number of hydrogen-bond donors (Lipinski definition) is 2. The Morgan fingerprint density at radius 1 is 1.44 bits per heavy atom. The van der Waals surface area contributed by atoms with E-state index < -0.39 is 5.97 Å². The number of hydrogen-bond acceptors (Lipinski definition) is 2. The van der Waals surface area contributed by atoms with E-state index in [9.17, 15) is 4.79 Å². The van der Waals surface area contributed by atoms with Gasteiger partial charge in [0.05, 0.1) is 10.7 Å². The first-order valence-corrected chi connectivity index (χ1v) is 5.01. The van der Waals surface area contributed by atoms with Crippen LogP contribution in [0.3, 0.4) is 0 Å². The number of aromatic amines is 1. The Hall–Kier alpha value is -1.81. The number of carboxylic acids is 1. The van der Waals surface area contributed by atoms with Gasteiger partial charge in [0, 0.05) is 5.56 Å². The van der Waals surface area contributed by atoms with Gasteiger partial charge < -0.3 is 5.11 Å². The van der Waals surface area contributed by atoms with Crippen LogP contribution in [0.1, 0.15) is 16.1 Å². The van der Waals surface area contributed by atoms with Crippen molar-refractivity contribution in [3.05, 3.63) is 40.5 Å². The number of rotatable bonds is 2. The smallest absolute Gasteiger partial charge is 0.353 e. The van der Waals surface area contributed by atoms with E-state index in [0.717, 1.165) is 11.1 Å². The van der Waals surface area contributed by atoms with Gasteiger partial charge in [-0.15, -0.1) is 0 Å². The summed E-state index contributed by atoms with van der Waals surface area (Å²) in [6.07, 6.45) is 0. The van der Waals surface area contributed by atoms with Crippen molar-refractivity contribution in [3.63, 3.8) is 0 Å². The highest BCUT2D eigenvalue weighted by Gasteiger charge is 2.11. The summed E-state index contributed by atoms with van der Waals surface area (Å²) in [5.41, 5.74) is 2.35. The third-order valence-electron chi connectivity index (χ3n) is 2.21. The number of H-pyrrole nitrogens is 1. The summed E-state index contributed by atoms with van der Waals surface area (Å²) in [6.45, 7) is 1.94. The van der Waals surface area contributed by atoms with E-state index in [1.165, 1.54) is 6.07 Å². The third kappa shape index (κ3) is 1.92.